The van der Waals surface area contributed by atoms with E-state index in [0.717, 1.165) is 10.9 Å². The molecule has 2 aromatic heterocycles. The summed E-state index contributed by atoms with van der Waals surface area (Å²) in [7, 11) is 3.15. The van der Waals surface area contributed by atoms with Gasteiger partial charge in [0.25, 0.3) is 5.78 Å². The van der Waals surface area contributed by atoms with Gasteiger partial charge in [-0.25, -0.2) is 0 Å². The molecular formula is C11H9ClN4O2. The fraction of sp³-hybridized carbons (Fsp3) is 0.182. The molecule has 0 saturated heterocycles. The number of ether oxygens (including phenoxy) is 2. The van der Waals surface area contributed by atoms with Crippen molar-refractivity contribution in [2.75, 3.05) is 14.2 Å². The zero-order chi connectivity index (χ0) is 12.7. The first kappa shape index (κ1) is 11.0. The third kappa shape index (κ3) is 1.46. The molecule has 0 atom stereocenters. The number of benzene rings is 1. The number of halogens is 1. The van der Waals surface area contributed by atoms with Gasteiger partial charge in [-0.15, -0.1) is 10.2 Å². The summed E-state index contributed by atoms with van der Waals surface area (Å²) in [6, 6.07) is 3.60. The molecule has 0 amide bonds. The molecule has 7 heteroatoms. The summed E-state index contributed by atoms with van der Waals surface area (Å²) in [5.41, 5.74) is 0.813. The molecule has 0 unspecified atom stereocenters. The largest absolute Gasteiger partial charge is 0.493 e. The van der Waals surface area contributed by atoms with Gasteiger partial charge in [-0.1, -0.05) is 11.6 Å². The molecule has 6 nitrogen and oxygen atoms in total. The van der Waals surface area contributed by atoms with E-state index in [1.54, 1.807) is 31.0 Å². The highest BCUT2D eigenvalue weighted by Gasteiger charge is 2.13. The Hall–Kier alpha value is -2.08. The maximum Gasteiger partial charge on any atom is 0.256 e. The summed E-state index contributed by atoms with van der Waals surface area (Å²) < 4.78 is 12.2. The molecule has 2 heterocycles. The van der Waals surface area contributed by atoms with E-state index in [2.05, 4.69) is 15.2 Å². The smallest absolute Gasteiger partial charge is 0.256 e. The molecule has 0 aliphatic carbocycles. The van der Waals surface area contributed by atoms with Crippen molar-refractivity contribution in [3.8, 4) is 11.5 Å². The van der Waals surface area contributed by atoms with Crippen molar-refractivity contribution in [3.05, 3.63) is 23.6 Å². The lowest BCUT2D eigenvalue weighted by Gasteiger charge is -2.10. The van der Waals surface area contributed by atoms with Gasteiger partial charge in [0, 0.05) is 11.5 Å². The van der Waals surface area contributed by atoms with Crippen LogP contribution in [0.3, 0.4) is 0 Å². The molecule has 1 aromatic carbocycles. The Bertz CT molecular complexity index is 741. The molecular weight excluding hydrogens is 256 g/mol. The second-order valence-corrected chi connectivity index (χ2v) is 3.99. The van der Waals surface area contributed by atoms with Gasteiger partial charge in [-0.05, 0) is 6.07 Å². The fourth-order valence-electron chi connectivity index (χ4n) is 1.86. The van der Waals surface area contributed by atoms with Crippen molar-refractivity contribution in [1.82, 2.24) is 19.6 Å². The minimum absolute atomic E-state index is 0.353. The maximum absolute atomic E-state index is 6.13. The second kappa shape index (κ2) is 3.99. The van der Waals surface area contributed by atoms with Crippen LogP contribution >= 0.6 is 11.6 Å². The number of fused-ring (bicyclic) bond motifs is 3. The van der Waals surface area contributed by atoms with Crippen LogP contribution in [0, 0.1) is 0 Å². The Morgan fingerprint density at radius 3 is 2.61 bits per heavy atom. The topological polar surface area (TPSA) is 61.5 Å². The number of hydrogen-bond acceptors (Lipinski definition) is 5. The first-order valence-corrected chi connectivity index (χ1v) is 5.53. The first-order chi connectivity index (χ1) is 8.74. The SMILES string of the molecule is COc1cc2c(Cl)nc3nncn3c2cc1OC. The summed E-state index contributed by atoms with van der Waals surface area (Å²) in [6.45, 7) is 0. The molecule has 92 valence electrons. The summed E-state index contributed by atoms with van der Waals surface area (Å²) in [4.78, 5) is 4.15. The van der Waals surface area contributed by atoms with Crippen LogP contribution in [0.25, 0.3) is 16.7 Å². The van der Waals surface area contributed by atoms with Gasteiger partial charge >= 0.3 is 0 Å². The van der Waals surface area contributed by atoms with E-state index in [1.807, 2.05) is 6.07 Å². The Kier molecular flexibility index (Phi) is 2.45. The number of rotatable bonds is 2. The van der Waals surface area contributed by atoms with Crippen LogP contribution in [0.1, 0.15) is 0 Å². The lowest BCUT2D eigenvalue weighted by molar-refractivity contribution is 0.355. The average molecular weight is 265 g/mol. The monoisotopic (exact) mass is 264 g/mol. The van der Waals surface area contributed by atoms with E-state index in [1.165, 1.54) is 0 Å². The molecule has 18 heavy (non-hydrogen) atoms. The summed E-state index contributed by atoms with van der Waals surface area (Å²) in [5.74, 6) is 1.66. The molecule has 0 radical (unpaired) electrons. The highest BCUT2D eigenvalue weighted by Crippen LogP contribution is 2.34. The zero-order valence-electron chi connectivity index (χ0n) is 9.72. The molecule has 0 aliphatic heterocycles. The Morgan fingerprint density at radius 2 is 1.89 bits per heavy atom. The minimum Gasteiger partial charge on any atom is -0.493 e. The normalized spacial score (nSPS) is 11.1. The fourth-order valence-corrected chi connectivity index (χ4v) is 2.08. The van der Waals surface area contributed by atoms with Crippen LogP contribution in [0.2, 0.25) is 5.15 Å². The quantitative estimate of drug-likeness (QED) is 0.662. The van der Waals surface area contributed by atoms with Gasteiger partial charge < -0.3 is 9.47 Å². The number of hydrogen-bond donors (Lipinski definition) is 0. The van der Waals surface area contributed by atoms with Crippen LogP contribution < -0.4 is 9.47 Å². The van der Waals surface area contributed by atoms with Gasteiger partial charge in [0.05, 0.1) is 19.7 Å². The molecule has 0 saturated carbocycles. The third-order valence-corrected chi connectivity index (χ3v) is 3.00. The number of nitrogens with zero attached hydrogens (tertiary/aromatic N) is 4. The van der Waals surface area contributed by atoms with Crippen LogP contribution in [-0.4, -0.2) is 33.8 Å². The minimum atomic E-state index is 0.353. The van der Waals surface area contributed by atoms with Crippen LogP contribution in [0.4, 0.5) is 0 Å². The van der Waals surface area contributed by atoms with E-state index in [4.69, 9.17) is 21.1 Å². The maximum atomic E-state index is 6.13. The van der Waals surface area contributed by atoms with Crippen LogP contribution in [0.5, 0.6) is 11.5 Å². The van der Waals surface area contributed by atoms with E-state index in [-0.39, 0.29) is 0 Å². The molecule has 0 bridgehead atoms. The van der Waals surface area contributed by atoms with E-state index >= 15 is 0 Å². The average Bonchev–Trinajstić information content (AvgIpc) is 2.85. The van der Waals surface area contributed by atoms with Gasteiger partial charge in [-0.3, -0.25) is 4.40 Å². The Balaban J connectivity index is 2.48. The molecule has 0 fully saturated rings. The lowest BCUT2D eigenvalue weighted by atomic mass is 10.2. The Morgan fingerprint density at radius 1 is 1.17 bits per heavy atom. The van der Waals surface area contributed by atoms with Crippen LogP contribution in [0.15, 0.2) is 18.5 Å². The first-order valence-electron chi connectivity index (χ1n) is 5.15. The van der Waals surface area contributed by atoms with E-state index < -0.39 is 0 Å². The third-order valence-electron chi connectivity index (χ3n) is 2.71. The van der Waals surface area contributed by atoms with E-state index in [0.29, 0.717) is 22.4 Å². The van der Waals surface area contributed by atoms with Crippen molar-refractivity contribution < 1.29 is 9.47 Å². The van der Waals surface area contributed by atoms with Crippen molar-refractivity contribution in [3.63, 3.8) is 0 Å². The van der Waals surface area contributed by atoms with Gasteiger partial charge in [-0.2, -0.15) is 4.98 Å². The summed E-state index contributed by atoms with van der Waals surface area (Å²) in [5, 5.41) is 8.79. The molecule has 0 N–H and O–H groups in total. The standard InChI is InChI=1S/C11H9ClN4O2/c1-17-8-3-6-7(4-9(8)18-2)16-5-13-15-11(16)14-10(6)12/h3-5H,1-2H3. The number of methoxy groups -OCH3 is 2. The molecule has 3 aromatic rings. The van der Waals surface area contributed by atoms with Gasteiger partial charge in [0.15, 0.2) is 11.5 Å². The lowest BCUT2D eigenvalue weighted by Crippen LogP contribution is -1.96. The van der Waals surface area contributed by atoms with E-state index in [9.17, 15) is 0 Å². The highest BCUT2D eigenvalue weighted by molar-refractivity contribution is 6.34. The second-order valence-electron chi connectivity index (χ2n) is 3.63. The molecule has 0 spiro atoms. The van der Waals surface area contributed by atoms with Crippen molar-refractivity contribution in [2.45, 2.75) is 0 Å². The molecule has 0 aliphatic rings. The molecule has 3 rings (SSSR count). The van der Waals surface area contributed by atoms with Crippen LogP contribution in [-0.2, 0) is 0 Å². The summed E-state index contributed by atoms with van der Waals surface area (Å²) >= 11 is 6.13. The highest BCUT2D eigenvalue weighted by atomic mass is 35.5. The van der Waals surface area contributed by atoms with Crippen molar-refractivity contribution in [2.24, 2.45) is 0 Å². The Labute approximate surface area is 107 Å². The predicted molar refractivity (Wildman–Crippen MR) is 66.4 cm³/mol. The van der Waals surface area contributed by atoms with Gasteiger partial charge in [0.2, 0.25) is 0 Å². The zero-order valence-corrected chi connectivity index (χ0v) is 10.5. The number of aromatic nitrogens is 4. The van der Waals surface area contributed by atoms with Gasteiger partial charge in [0.1, 0.15) is 11.5 Å². The van der Waals surface area contributed by atoms with Crippen molar-refractivity contribution in [1.29, 1.82) is 0 Å². The van der Waals surface area contributed by atoms with Crippen molar-refractivity contribution >= 4 is 28.3 Å². The predicted octanol–water partition coefficient (Wildman–Crippen LogP) is 1.95. The summed E-state index contributed by atoms with van der Waals surface area (Å²) in [6.07, 6.45) is 1.58.